The minimum atomic E-state index is -0.408. The molecule has 4 nitrogen and oxygen atoms in total. The highest BCUT2D eigenvalue weighted by Gasteiger charge is 2.12. The largest absolute Gasteiger partial charge is 0.307 e. The normalized spacial score (nSPS) is 10.1. The summed E-state index contributed by atoms with van der Waals surface area (Å²) in [5.74, 6) is -0.371. The first-order chi connectivity index (χ1) is 8.61. The molecule has 0 atom stereocenters. The predicted octanol–water partition coefficient (Wildman–Crippen LogP) is 2.44. The molecule has 1 heterocycles. The minimum Gasteiger partial charge on any atom is -0.307 e. The summed E-state index contributed by atoms with van der Waals surface area (Å²) in [5.41, 5.74) is 0.961. The van der Waals surface area contributed by atoms with Crippen LogP contribution in [-0.4, -0.2) is 15.7 Å². The zero-order valence-corrected chi connectivity index (χ0v) is 9.85. The van der Waals surface area contributed by atoms with Gasteiger partial charge < -0.3 is 5.32 Å². The van der Waals surface area contributed by atoms with Crippen molar-refractivity contribution in [1.29, 1.82) is 0 Å². The molecule has 0 bridgehead atoms. The summed E-state index contributed by atoms with van der Waals surface area (Å²) in [6, 6.07) is 7.89. The van der Waals surface area contributed by atoms with Crippen molar-refractivity contribution in [2.45, 2.75) is 6.92 Å². The minimum absolute atomic E-state index is 0.282. The highest BCUT2D eigenvalue weighted by Crippen LogP contribution is 2.19. The van der Waals surface area contributed by atoms with Crippen LogP contribution in [0.1, 0.15) is 5.69 Å². The molecule has 2 aromatic rings. The summed E-state index contributed by atoms with van der Waals surface area (Å²) in [7, 11) is 0. The Bertz CT molecular complexity index is 604. The van der Waals surface area contributed by atoms with E-state index in [4.69, 9.17) is 0 Å². The van der Waals surface area contributed by atoms with Crippen LogP contribution < -0.4 is 5.32 Å². The number of aromatic nitrogens is 2. The number of amides is 1. The Labute approximate surface area is 104 Å². The smallest absolute Gasteiger partial charge is 0.248 e. The third-order valence-corrected chi connectivity index (χ3v) is 2.35. The maximum absolute atomic E-state index is 13.7. The van der Waals surface area contributed by atoms with Crippen molar-refractivity contribution in [3.8, 4) is 5.69 Å². The van der Waals surface area contributed by atoms with Gasteiger partial charge in [0.05, 0.1) is 5.69 Å². The maximum Gasteiger partial charge on any atom is 0.248 e. The molecule has 0 radical (unpaired) electrons. The number of para-hydroxylation sites is 1. The standard InChI is InChI=1S/C13H12FN3O/c1-3-13(18)15-12-8-9(2)16-17(12)11-7-5-4-6-10(11)14/h3-8H,1H2,2H3,(H,15,18). The molecule has 1 amide bonds. The number of anilines is 1. The molecule has 0 fully saturated rings. The molecule has 5 heteroatoms. The van der Waals surface area contributed by atoms with Gasteiger partial charge in [0.1, 0.15) is 17.3 Å². The highest BCUT2D eigenvalue weighted by atomic mass is 19.1. The SMILES string of the molecule is C=CC(=O)Nc1cc(C)nn1-c1ccccc1F. The molecule has 0 unspecified atom stereocenters. The summed E-state index contributed by atoms with van der Waals surface area (Å²) in [4.78, 5) is 11.3. The molecule has 1 N–H and O–H groups in total. The third-order valence-electron chi connectivity index (χ3n) is 2.35. The number of rotatable bonds is 3. The lowest BCUT2D eigenvalue weighted by molar-refractivity contribution is -0.111. The van der Waals surface area contributed by atoms with Gasteiger partial charge in [0, 0.05) is 6.07 Å². The van der Waals surface area contributed by atoms with E-state index in [-0.39, 0.29) is 11.6 Å². The van der Waals surface area contributed by atoms with Gasteiger partial charge in [-0.2, -0.15) is 5.10 Å². The fourth-order valence-electron chi connectivity index (χ4n) is 1.57. The van der Waals surface area contributed by atoms with Crippen molar-refractivity contribution in [3.05, 3.63) is 54.5 Å². The predicted molar refractivity (Wildman–Crippen MR) is 67.1 cm³/mol. The number of halogens is 1. The average Bonchev–Trinajstić information content (AvgIpc) is 2.70. The quantitative estimate of drug-likeness (QED) is 0.844. The lowest BCUT2D eigenvalue weighted by Crippen LogP contribution is -2.12. The first kappa shape index (κ1) is 12.0. The van der Waals surface area contributed by atoms with Gasteiger partial charge in [-0.25, -0.2) is 9.07 Å². The van der Waals surface area contributed by atoms with E-state index in [0.29, 0.717) is 11.5 Å². The zero-order chi connectivity index (χ0) is 13.1. The maximum atomic E-state index is 13.7. The zero-order valence-electron chi connectivity index (χ0n) is 9.85. The second-order valence-electron chi connectivity index (χ2n) is 3.73. The van der Waals surface area contributed by atoms with Crippen molar-refractivity contribution in [1.82, 2.24) is 9.78 Å². The molecule has 0 aliphatic rings. The van der Waals surface area contributed by atoms with Gasteiger partial charge in [-0.15, -0.1) is 0 Å². The molecule has 0 aliphatic carbocycles. The Morgan fingerprint density at radius 2 is 2.22 bits per heavy atom. The second-order valence-corrected chi connectivity index (χ2v) is 3.73. The first-order valence-electron chi connectivity index (χ1n) is 5.37. The number of hydrogen-bond donors (Lipinski definition) is 1. The number of carbonyl (C=O) groups excluding carboxylic acids is 1. The summed E-state index contributed by atoms with van der Waals surface area (Å²) in [5, 5.41) is 6.74. The van der Waals surface area contributed by atoms with Gasteiger partial charge in [-0.3, -0.25) is 4.79 Å². The summed E-state index contributed by atoms with van der Waals surface area (Å²) >= 11 is 0. The molecular formula is C13H12FN3O. The number of nitrogens with zero attached hydrogens (tertiary/aromatic N) is 2. The highest BCUT2D eigenvalue weighted by molar-refractivity contribution is 5.98. The van der Waals surface area contributed by atoms with E-state index < -0.39 is 5.82 Å². The Hall–Kier alpha value is -2.43. The molecule has 0 spiro atoms. The van der Waals surface area contributed by atoms with Crippen LogP contribution >= 0.6 is 0 Å². The molecule has 18 heavy (non-hydrogen) atoms. The number of nitrogens with one attached hydrogen (secondary N) is 1. The van der Waals surface area contributed by atoms with Crippen molar-refractivity contribution >= 4 is 11.7 Å². The van der Waals surface area contributed by atoms with E-state index in [0.717, 1.165) is 6.08 Å². The van der Waals surface area contributed by atoms with E-state index in [9.17, 15) is 9.18 Å². The van der Waals surface area contributed by atoms with Crippen LogP contribution in [0.15, 0.2) is 43.0 Å². The molecule has 1 aromatic heterocycles. The summed E-state index contributed by atoms with van der Waals surface area (Å²) in [6.07, 6.45) is 1.15. The fourth-order valence-corrected chi connectivity index (χ4v) is 1.57. The number of hydrogen-bond acceptors (Lipinski definition) is 2. The van der Waals surface area contributed by atoms with Gasteiger partial charge >= 0.3 is 0 Å². The summed E-state index contributed by atoms with van der Waals surface area (Å²) in [6.45, 7) is 5.13. The van der Waals surface area contributed by atoms with Gasteiger partial charge in [0.15, 0.2) is 0 Å². The molecule has 92 valence electrons. The monoisotopic (exact) mass is 245 g/mol. The van der Waals surface area contributed by atoms with Gasteiger partial charge in [-0.1, -0.05) is 18.7 Å². The van der Waals surface area contributed by atoms with Crippen molar-refractivity contribution < 1.29 is 9.18 Å². The van der Waals surface area contributed by atoms with Gasteiger partial charge in [-0.05, 0) is 25.1 Å². The molecule has 1 aromatic carbocycles. The van der Waals surface area contributed by atoms with Gasteiger partial charge in [0.2, 0.25) is 5.91 Å². The lowest BCUT2D eigenvalue weighted by Gasteiger charge is -2.08. The topological polar surface area (TPSA) is 46.9 Å². The molecule has 0 saturated carbocycles. The van der Waals surface area contributed by atoms with E-state index in [1.165, 1.54) is 10.7 Å². The van der Waals surface area contributed by atoms with Crippen molar-refractivity contribution in [2.75, 3.05) is 5.32 Å². The number of carbonyl (C=O) groups is 1. The van der Waals surface area contributed by atoms with Crippen LogP contribution in [0.5, 0.6) is 0 Å². The van der Waals surface area contributed by atoms with Crippen LogP contribution in [0.25, 0.3) is 5.69 Å². The van der Waals surface area contributed by atoms with E-state index in [2.05, 4.69) is 17.0 Å². The third kappa shape index (κ3) is 2.29. The second kappa shape index (κ2) is 4.83. The molecule has 0 aliphatic heterocycles. The average molecular weight is 245 g/mol. The Kier molecular flexibility index (Phi) is 3.23. The Morgan fingerprint density at radius 1 is 1.50 bits per heavy atom. The van der Waals surface area contributed by atoms with Gasteiger partial charge in [0.25, 0.3) is 0 Å². The van der Waals surface area contributed by atoms with Crippen molar-refractivity contribution in [3.63, 3.8) is 0 Å². The van der Waals surface area contributed by atoms with Crippen LogP contribution in [0, 0.1) is 12.7 Å². The molecular weight excluding hydrogens is 233 g/mol. The Morgan fingerprint density at radius 3 is 2.89 bits per heavy atom. The van der Waals surface area contributed by atoms with Crippen LogP contribution in [0.4, 0.5) is 10.2 Å². The lowest BCUT2D eigenvalue weighted by atomic mass is 10.3. The van der Waals surface area contributed by atoms with E-state index >= 15 is 0 Å². The number of aryl methyl sites for hydroxylation is 1. The number of benzene rings is 1. The van der Waals surface area contributed by atoms with Crippen LogP contribution in [0.2, 0.25) is 0 Å². The fraction of sp³-hybridized carbons (Fsp3) is 0.0769. The molecule has 0 saturated heterocycles. The van der Waals surface area contributed by atoms with E-state index in [1.807, 2.05) is 0 Å². The van der Waals surface area contributed by atoms with Crippen LogP contribution in [-0.2, 0) is 4.79 Å². The summed E-state index contributed by atoms with van der Waals surface area (Å²) < 4.78 is 15.0. The Balaban J connectivity index is 2.48. The molecule has 2 rings (SSSR count). The first-order valence-corrected chi connectivity index (χ1v) is 5.37. The van der Waals surface area contributed by atoms with E-state index in [1.54, 1.807) is 31.2 Å². The van der Waals surface area contributed by atoms with Crippen molar-refractivity contribution in [2.24, 2.45) is 0 Å². The van der Waals surface area contributed by atoms with Crippen LogP contribution in [0.3, 0.4) is 0 Å².